The summed E-state index contributed by atoms with van der Waals surface area (Å²) in [5.74, 6) is 0.516. The van der Waals surface area contributed by atoms with Crippen LogP contribution in [0.15, 0.2) is 48.5 Å². The van der Waals surface area contributed by atoms with Crippen LogP contribution in [0, 0.1) is 5.82 Å². The topological polar surface area (TPSA) is 56.1 Å². The first-order valence-electron chi connectivity index (χ1n) is 9.77. The molecule has 0 amide bonds. The second kappa shape index (κ2) is 7.31. The zero-order chi connectivity index (χ0) is 18.9. The highest BCUT2D eigenvalue weighted by molar-refractivity contribution is 5.60. The molecule has 0 spiro atoms. The molecule has 0 unspecified atom stereocenters. The van der Waals surface area contributed by atoms with E-state index in [1.54, 1.807) is 0 Å². The molecule has 2 aromatic carbocycles. The fraction of sp³-hybridized carbons (Fsp3) is 0.381. The molecular weight excluding hydrogens is 357 g/mol. The van der Waals surface area contributed by atoms with E-state index >= 15 is 0 Å². The molecule has 3 heterocycles. The lowest BCUT2D eigenvalue weighted by atomic mass is 10.0. The number of halogens is 1. The maximum absolute atomic E-state index is 13.6. The lowest BCUT2D eigenvalue weighted by Gasteiger charge is -2.30. The van der Waals surface area contributed by atoms with Gasteiger partial charge in [0.05, 0.1) is 12.6 Å². The van der Waals surface area contributed by atoms with E-state index in [-0.39, 0.29) is 18.0 Å². The first-order chi connectivity index (χ1) is 13.8. The maximum Gasteiger partial charge on any atom is 0.178 e. The number of anilines is 1. The summed E-state index contributed by atoms with van der Waals surface area (Å²) in [5, 5.41) is 12.6. The van der Waals surface area contributed by atoms with E-state index in [9.17, 15) is 4.39 Å². The maximum atomic E-state index is 13.6. The van der Waals surface area contributed by atoms with Crippen molar-refractivity contribution in [3.63, 3.8) is 0 Å². The van der Waals surface area contributed by atoms with Crippen LogP contribution in [0.25, 0.3) is 0 Å². The highest BCUT2D eigenvalue weighted by Gasteiger charge is 2.33. The number of aromatic nitrogens is 4. The van der Waals surface area contributed by atoms with E-state index in [2.05, 4.69) is 38.6 Å². The van der Waals surface area contributed by atoms with Crippen molar-refractivity contribution < 1.29 is 9.13 Å². The molecule has 1 aromatic heterocycles. The number of nitrogens with zero attached hydrogens (tertiary/aromatic N) is 5. The minimum atomic E-state index is -0.247. The van der Waals surface area contributed by atoms with E-state index in [1.165, 1.54) is 23.4 Å². The summed E-state index contributed by atoms with van der Waals surface area (Å²) >= 11 is 0. The van der Waals surface area contributed by atoms with Crippen molar-refractivity contribution in [1.82, 2.24) is 20.2 Å². The first kappa shape index (κ1) is 17.3. The van der Waals surface area contributed by atoms with Gasteiger partial charge in [0.25, 0.3) is 0 Å². The number of fused-ring (bicyclic) bond motifs is 1. The monoisotopic (exact) mass is 379 g/mol. The number of para-hydroxylation sites is 1. The lowest BCUT2D eigenvalue weighted by molar-refractivity contribution is 0.0924. The second-order valence-corrected chi connectivity index (χ2v) is 7.38. The van der Waals surface area contributed by atoms with Crippen molar-refractivity contribution in [3.05, 3.63) is 71.3 Å². The van der Waals surface area contributed by atoms with Crippen LogP contribution in [0.2, 0.25) is 0 Å². The smallest absolute Gasteiger partial charge is 0.178 e. The van der Waals surface area contributed by atoms with Crippen molar-refractivity contribution in [2.75, 3.05) is 18.1 Å². The third-order valence-corrected chi connectivity index (χ3v) is 5.63. The van der Waals surface area contributed by atoms with Crippen LogP contribution in [0.5, 0.6) is 0 Å². The van der Waals surface area contributed by atoms with Gasteiger partial charge in [-0.1, -0.05) is 30.3 Å². The molecule has 6 nitrogen and oxygen atoms in total. The van der Waals surface area contributed by atoms with E-state index in [0.717, 1.165) is 43.8 Å². The van der Waals surface area contributed by atoms with Gasteiger partial charge in [-0.05, 0) is 59.0 Å². The fourth-order valence-corrected chi connectivity index (χ4v) is 4.26. The molecule has 144 valence electrons. The van der Waals surface area contributed by atoms with E-state index < -0.39 is 0 Å². The minimum Gasteiger partial charge on any atom is -0.376 e. The van der Waals surface area contributed by atoms with Crippen LogP contribution in [0.1, 0.15) is 35.8 Å². The molecule has 3 aromatic rings. The van der Waals surface area contributed by atoms with Crippen LogP contribution in [-0.2, 0) is 17.7 Å². The normalized spacial score (nSPS) is 19.8. The van der Waals surface area contributed by atoms with Crippen LogP contribution in [-0.4, -0.2) is 39.5 Å². The molecule has 7 heteroatoms. The Hall–Kier alpha value is -2.80. The average molecular weight is 379 g/mol. The predicted molar refractivity (Wildman–Crippen MR) is 103 cm³/mol. The van der Waals surface area contributed by atoms with Crippen molar-refractivity contribution in [2.45, 2.75) is 38.0 Å². The average Bonchev–Trinajstić information content (AvgIpc) is 3.47. The van der Waals surface area contributed by atoms with E-state index in [4.69, 9.17) is 4.74 Å². The van der Waals surface area contributed by atoms with Gasteiger partial charge in [0.2, 0.25) is 0 Å². The van der Waals surface area contributed by atoms with Crippen molar-refractivity contribution >= 4 is 5.69 Å². The molecule has 2 atom stereocenters. The number of benzene rings is 2. The number of ether oxygens (including phenoxy) is 1. The van der Waals surface area contributed by atoms with Gasteiger partial charge in [-0.2, -0.15) is 0 Å². The third kappa shape index (κ3) is 3.16. The van der Waals surface area contributed by atoms with Gasteiger partial charge in [0.15, 0.2) is 5.82 Å². The summed E-state index contributed by atoms with van der Waals surface area (Å²) in [6.45, 7) is 2.30. The zero-order valence-corrected chi connectivity index (χ0v) is 15.5. The number of tetrazole rings is 1. The summed E-state index contributed by atoms with van der Waals surface area (Å²) in [7, 11) is 0. The van der Waals surface area contributed by atoms with Crippen LogP contribution in [0.3, 0.4) is 0 Å². The van der Waals surface area contributed by atoms with Crippen molar-refractivity contribution in [1.29, 1.82) is 0 Å². The molecule has 1 saturated heterocycles. The Balaban J connectivity index is 1.56. The van der Waals surface area contributed by atoms with Crippen molar-refractivity contribution in [2.24, 2.45) is 0 Å². The van der Waals surface area contributed by atoms with Gasteiger partial charge in [-0.25, -0.2) is 9.07 Å². The molecule has 0 saturated carbocycles. The quantitative estimate of drug-likeness (QED) is 0.682. The Morgan fingerprint density at radius 1 is 1.14 bits per heavy atom. The van der Waals surface area contributed by atoms with Crippen LogP contribution in [0.4, 0.5) is 10.1 Å². The molecule has 5 rings (SSSR count). The van der Waals surface area contributed by atoms with E-state index in [0.29, 0.717) is 6.54 Å². The van der Waals surface area contributed by atoms with Gasteiger partial charge in [0.1, 0.15) is 11.9 Å². The Kier molecular flexibility index (Phi) is 4.52. The largest absolute Gasteiger partial charge is 0.376 e. The summed E-state index contributed by atoms with van der Waals surface area (Å²) < 4.78 is 21.2. The standard InChI is InChI=1S/C21H22FN5O/c22-17-9-7-16(8-10-17)20(26-12-11-15-4-1-2-6-19(15)26)21-23-24-25-27(21)14-18-5-3-13-28-18/h1-2,4,6-10,18,20H,3,5,11-14H2/t18-,20-/m0/s1. The van der Waals surface area contributed by atoms with Gasteiger partial charge < -0.3 is 9.64 Å². The highest BCUT2D eigenvalue weighted by atomic mass is 19.1. The number of hydrogen-bond donors (Lipinski definition) is 0. The van der Waals surface area contributed by atoms with Gasteiger partial charge in [-0.15, -0.1) is 5.10 Å². The van der Waals surface area contributed by atoms with Crippen LogP contribution >= 0.6 is 0 Å². The summed E-state index contributed by atoms with van der Waals surface area (Å²) in [6.07, 6.45) is 3.21. The Labute approximate surface area is 162 Å². The van der Waals surface area contributed by atoms with Gasteiger partial charge in [-0.3, -0.25) is 0 Å². The Morgan fingerprint density at radius 2 is 2.00 bits per heavy atom. The molecule has 0 bridgehead atoms. The van der Waals surface area contributed by atoms with Gasteiger partial charge >= 0.3 is 0 Å². The van der Waals surface area contributed by atoms with Crippen molar-refractivity contribution in [3.8, 4) is 0 Å². The molecule has 1 fully saturated rings. The lowest BCUT2D eigenvalue weighted by Crippen LogP contribution is -2.31. The molecular formula is C21H22FN5O. The first-order valence-corrected chi connectivity index (χ1v) is 9.77. The zero-order valence-electron chi connectivity index (χ0n) is 15.5. The summed E-state index contributed by atoms with van der Waals surface area (Å²) in [5.41, 5.74) is 3.47. The molecule has 28 heavy (non-hydrogen) atoms. The Bertz CT molecular complexity index is 951. The predicted octanol–water partition coefficient (Wildman–Crippen LogP) is 3.14. The van der Waals surface area contributed by atoms with Crippen LogP contribution < -0.4 is 4.90 Å². The van der Waals surface area contributed by atoms with Gasteiger partial charge in [0, 0.05) is 18.8 Å². The molecule has 2 aliphatic rings. The number of hydrogen-bond acceptors (Lipinski definition) is 5. The summed E-state index contributed by atoms with van der Waals surface area (Å²) in [6, 6.07) is 14.9. The fourth-order valence-electron chi connectivity index (χ4n) is 4.26. The molecule has 0 N–H and O–H groups in total. The molecule has 0 radical (unpaired) electrons. The highest BCUT2D eigenvalue weighted by Crippen LogP contribution is 2.38. The third-order valence-electron chi connectivity index (χ3n) is 5.63. The molecule has 0 aliphatic carbocycles. The SMILES string of the molecule is Fc1ccc([C@@H](c2nnnn2C[C@@H]2CCCO2)N2CCc3ccccc32)cc1. The molecule has 2 aliphatic heterocycles. The van der Waals surface area contributed by atoms with E-state index in [1.807, 2.05) is 22.9 Å². The minimum absolute atomic E-state index is 0.141. The number of rotatable bonds is 5. The Morgan fingerprint density at radius 3 is 2.82 bits per heavy atom. The second-order valence-electron chi connectivity index (χ2n) is 7.38. The summed E-state index contributed by atoms with van der Waals surface area (Å²) in [4.78, 5) is 2.32.